The van der Waals surface area contributed by atoms with Crippen molar-refractivity contribution in [2.45, 2.75) is 124 Å². The van der Waals surface area contributed by atoms with Crippen molar-refractivity contribution < 1.29 is 13.6 Å². The molecule has 23 heavy (non-hydrogen) atoms. The molecule has 0 aliphatic carbocycles. The van der Waals surface area contributed by atoms with Crippen LogP contribution in [0.15, 0.2) is 0 Å². The third-order valence-corrected chi connectivity index (χ3v) is 6.79. The summed E-state index contributed by atoms with van der Waals surface area (Å²) in [6.07, 6.45) is 11.7. The fourth-order valence-corrected chi connectivity index (χ4v) is 4.34. The van der Waals surface area contributed by atoms with Crippen molar-refractivity contribution in [3.05, 3.63) is 0 Å². The van der Waals surface area contributed by atoms with Gasteiger partial charge in [-0.1, -0.05) is 79.1 Å². The van der Waals surface area contributed by atoms with Crippen LogP contribution in [-0.4, -0.2) is 17.9 Å². The molecule has 0 bridgehead atoms. The summed E-state index contributed by atoms with van der Waals surface area (Å²) < 4.78 is 24.9. The van der Waals surface area contributed by atoms with Crippen molar-refractivity contribution in [2.24, 2.45) is 0 Å². The van der Waals surface area contributed by atoms with Crippen LogP contribution < -0.4 is 0 Å². The molecule has 0 spiro atoms. The maximum Gasteiger partial charge on any atom is 0.333 e. The Kier molecular flexibility index (Phi) is 13.5. The van der Waals surface area contributed by atoms with Crippen molar-refractivity contribution in [2.75, 3.05) is 0 Å². The van der Waals surface area contributed by atoms with Gasteiger partial charge in [0, 0.05) is 0 Å². The largest absolute Gasteiger partial charge is 0.333 e. The molecule has 0 aromatic carbocycles. The van der Waals surface area contributed by atoms with E-state index in [4.69, 9.17) is 9.05 Å². The van der Waals surface area contributed by atoms with Gasteiger partial charge >= 0.3 is 7.60 Å². The zero-order valence-corrected chi connectivity index (χ0v) is 17.4. The second kappa shape index (κ2) is 13.4. The first-order valence-electron chi connectivity index (χ1n) is 9.82. The van der Waals surface area contributed by atoms with Crippen molar-refractivity contribution in [1.29, 1.82) is 0 Å². The Balaban J connectivity index is 4.29. The molecular weight excluding hydrogens is 307 g/mol. The van der Waals surface area contributed by atoms with Gasteiger partial charge < -0.3 is 9.05 Å². The van der Waals surface area contributed by atoms with E-state index < -0.39 is 7.60 Å². The Labute approximate surface area is 145 Å². The van der Waals surface area contributed by atoms with Crippen molar-refractivity contribution in [3.63, 3.8) is 0 Å². The molecule has 0 aliphatic rings. The molecule has 0 fully saturated rings. The lowest BCUT2D eigenvalue weighted by Crippen LogP contribution is -2.17. The normalized spacial score (nSPS) is 17.2. The van der Waals surface area contributed by atoms with Gasteiger partial charge in [-0.05, 0) is 26.7 Å². The van der Waals surface area contributed by atoms with Gasteiger partial charge in [0.25, 0.3) is 0 Å². The molecule has 0 aromatic heterocycles. The molecule has 0 rings (SSSR count). The first kappa shape index (κ1) is 23.1. The van der Waals surface area contributed by atoms with Crippen LogP contribution in [0.1, 0.15) is 106 Å². The predicted molar refractivity (Wildman–Crippen MR) is 101 cm³/mol. The number of hydrogen-bond acceptors (Lipinski definition) is 3. The molecule has 0 aliphatic heterocycles. The molecule has 2 unspecified atom stereocenters. The highest BCUT2D eigenvalue weighted by molar-refractivity contribution is 7.54. The Morgan fingerprint density at radius 2 is 1.09 bits per heavy atom. The molecule has 0 amide bonds. The van der Waals surface area contributed by atoms with E-state index in [2.05, 4.69) is 13.8 Å². The SMILES string of the molecule is CCCCCCC(C)OP(=O)(OC(C)CCCCCC)C(C)C. The van der Waals surface area contributed by atoms with Crippen LogP contribution in [0.3, 0.4) is 0 Å². The molecule has 0 saturated heterocycles. The fourth-order valence-electron chi connectivity index (χ4n) is 2.59. The average Bonchev–Trinajstić information content (AvgIpc) is 2.48. The second-order valence-electron chi connectivity index (χ2n) is 7.16. The Bertz CT molecular complexity index is 294. The van der Waals surface area contributed by atoms with E-state index >= 15 is 0 Å². The quantitative estimate of drug-likeness (QED) is 0.229. The maximum atomic E-state index is 13.1. The molecule has 0 N–H and O–H groups in total. The summed E-state index contributed by atoms with van der Waals surface area (Å²) in [6, 6.07) is 0. The van der Waals surface area contributed by atoms with Crippen LogP contribution in [0, 0.1) is 0 Å². The van der Waals surface area contributed by atoms with Crippen LogP contribution in [0.5, 0.6) is 0 Å². The van der Waals surface area contributed by atoms with Gasteiger partial charge in [0.1, 0.15) is 0 Å². The maximum absolute atomic E-state index is 13.1. The van der Waals surface area contributed by atoms with Crippen LogP contribution in [0.2, 0.25) is 0 Å². The van der Waals surface area contributed by atoms with Gasteiger partial charge in [-0.3, -0.25) is 4.57 Å². The second-order valence-corrected chi connectivity index (χ2v) is 9.70. The van der Waals surface area contributed by atoms with Gasteiger partial charge in [0.05, 0.1) is 17.9 Å². The lowest BCUT2D eigenvalue weighted by Gasteiger charge is -2.28. The summed E-state index contributed by atoms with van der Waals surface area (Å²) in [5, 5.41) is 0. The lowest BCUT2D eigenvalue weighted by atomic mass is 10.1. The van der Waals surface area contributed by atoms with E-state index in [9.17, 15) is 4.57 Å². The van der Waals surface area contributed by atoms with Gasteiger partial charge in [-0.2, -0.15) is 0 Å². The summed E-state index contributed by atoms with van der Waals surface area (Å²) >= 11 is 0. The van der Waals surface area contributed by atoms with E-state index in [1.54, 1.807) is 0 Å². The van der Waals surface area contributed by atoms with Gasteiger partial charge in [0.2, 0.25) is 0 Å². The van der Waals surface area contributed by atoms with Crippen molar-refractivity contribution in [3.8, 4) is 0 Å². The third-order valence-electron chi connectivity index (χ3n) is 4.21. The molecule has 4 heteroatoms. The van der Waals surface area contributed by atoms with Crippen LogP contribution >= 0.6 is 7.60 Å². The van der Waals surface area contributed by atoms with Crippen LogP contribution in [0.25, 0.3) is 0 Å². The number of hydrogen-bond donors (Lipinski definition) is 0. The van der Waals surface area contributed by atoms with Crippen LogP contribution in [-0.2, 0) is 13.6 Å². The molecular formula is C19H41O3P. The third kappa shape index (κ3) is 11.3. The smallest absolute Gasteiger partial charge is 0.305 e. The minimum Gasteiger partial charge on any atom is -0.305 e. The van der Waals surface area contributed by atoms with E-state index in [-0.39, 0.29) is 17.9 Å². The first-order chi connectivity index (χ1) is 10.9. The fraction of sp³-hybridized carbons (Fsp3) is 1.00. The van der Waals surface area contributed by atoms with Gasteiger partial charge in [-0.25, -0.2) is 0 Å². The van der Waals surface area contributed by atoms with Gasteiger partial charge in [0.15, 0.2) is 0 Å². The molecule has 3 nitrogen and oxygen atoms in total. The highest BCUT2D eigenvalue weighted by atomic mass is 31.2. The topological polar surface area (TPSA) is 35.5 Å². The zero-order valence-electron chi connectivity index (χ0n) is 16.5. The monoisotopic (exact) mass is 348 g/mol. The van der Waals surface area contributed by atoms with Crippen LogP contribution in [0.4, 0.5) is 0 Å². The highest BCUT2D eigenvalue weighted by Gasteiger charge is 2.33. The Hall–Kier alpha value is 0.150. The number of unbranched alkanes of at least 4 members (excludes halogenated alkanes) is 6. The number of rotatable bonds is 15. The Morgan fingerprint density at radius 3 is 1.39 bits per heavy atom. The molecule has 0 heterocycles. The standard InChI is InChI=1S/C19H41O3P/c1-7-9-11-13-15-18(5)21-23(20,17(3)4)22-19(6)16-14-12-10-8-2/h17-19H,7-16H2,1-6H3. The predicted octanol–water partition coefficient (Wildman–Crippen LogP) is 7.34. The average molecular weight is 349 g/mol. The molecule has 0 radical (unpaired) electrons. The highest BCUT2D eigenvalue weighted by Crippen LogP contribution is 2.55. The van der Waals surface area contributed by atoms with Gasteiger partial charge in [-0.15, -0.1) is 0 Å². The Morgan fingerprint density at radius 1 is 0.696 bits per heavy atom. The molecule has 2 atom stereocenters. The van der Waals surface area contributed by atoms with E-state index in [1.807, 2.05) is 27.7 Å². The summed E-state index contributed by atoms with van der Waals surface area (Å²) in [5.74, 6) is 0. The summed E-state index contributed by atoms with van der Waals surface area (Å²) in [5.41, 5.74) is -0.0846. The summed E-state index contributed by atoms with van der Waals surface area (Å²) in [6.45, 7) is 12.3. The summed E-state index contributed by atoms with van der Waals surface area (Å²) in [7, 11) is -3.01. The summed E-state index contributed by atoms with van der Waals surface area (Å²) in [4.78, 5) is 0. The lowest BCUT2D eigenvalue weighted by molar-refractivity contribution is 0.113. The zero-order chi connectivity index (χ0) is 17.7. The minimum atomic E-state index is -3.01. The van der Waals surface area contributed by atoms with E-state index in [1.165, 1.54) is 38.5 Å². The van der Waals surface area contributed by atoms with E-state index in [0.29, 0.717) is 0 Å². The molecule has 0 aromatic rings. The van der Waals surface area contributed by atoms with Crippen molar-refractivity contribution >= 4 is 7.60 Å². The van der Waals surface area contributed by atoms with Crippen molar-refractivity contribution in [1.82, 2.24) is 0 Å². The first-order valence-corrected chi connectivity index (χ1v) is 11.4. The molecule has 0 saturated carbocycles. The minimum absolute atomic E-state index is 0.00683. The van der Waals surface area contributed by atoms with E-state index in [0.717, 1.165) is 25.7 Å². The molecule has 140 valence electrons.